The Labute approximate surface area is 103 Å². The average Bonchev–Trinajstić information content (AvgIpc) is 2.28. The van der Waals surface area contributed by atoms with Crippen LogP contribution in [0.25, 0.3) is 0 Å². The summed E-state index contributed by atoms with van der Waals surface area (Å²) in [5, 5.41) is 12.7. The third-order valence-electron chi connectivity index (χ3n) is 3.01. The van der Waals surface area contributed by atoms with Gasteiger partial charge in [0, 0.05) is 6.04 Å². The van der Waals surface area contributed by atoms with Gasteiger partial charge in [0.15, 0.2) is 0 Å². The van der Waals surface area contributed by atoms with Gasteiger partial charge in [0.1, 0.15) is 5.82 Å². The van der Waals surface area contributed by atoms with Crippen LogP contribution in [0.1, 0.15) is 25.7 Å². The lowest BCUT2D eigenvalue weighted by Gasteiger charge is -2.27. The van der Waals surface area contributed by atoms with Gasteiger partial charge in [-0.25, -0.2) is 4.39 Å². The number of benzene rings is 1. The number of nitrogens with one attached hydrogen (secondary N) is 1. The van der Waals surface area contributed by atoms with Crippen LogP contribution >= 0.6 is 15.9 Å². The first kappa shape index (κ1) is 11.9. The molecule has 2 nitrogen and oxygen atoms in total. The smallest absolute Gasteiger partial charge is 0.139 e. The third kappa shape index (κ3) is 2.74. The molecule has 0 heterocycles. The highest BCUT2D eigenvalue weighted by atomic mass is 79.9. The maximum absolute atomic E-state index is 13.3. The highest BCUT2D eigenvalue weighted by molar-refractivity contribution is 9.10. The fourth-order valence-electron chi connectivity index (χ4n) is 2.06. The van der Waals surface area contributed by atoms with Crippen molar-refractivity contribution in [3.05, 3.63) is 28.5 Å². The Morgan fingerprint density at radius 2 is 1.94 bits per heavy atom. The quantitative estimate of drug-likeness (QED) is 0.875. The molecule has 0 aromatic heterocycles. The molecule has 2 N–H and O–H groups in total. The van der Waals surface area contributed by atoms with E-state index in [2.05, 4.69) is 21.2 Å². The summed E-state index contributed by atoms with van der Waals surface area (Å²) in [7, 11) is 0. The van der Waals surface area contributed by atoms with E-state index in [1.165, 1.54) is 6.07 Å². The molecule has 0 spiro atoms. The van der Waals surface area contributed by atoms with Crippen molar-refractivity contribution < 1.29 is 9.50 Å². The van der Waals surface area contributed by atoms with Crippen molar-refractivity contribution in [2.75, 3.05) is 5.32 Å². The Kier molecular flexibility index (Phi) is 3.82. The summed E-state index contributed by atoms with van der Waals surface area (Å²) in [4.78, 5) is 0. The zero-order chi connectivity index (χ0) is 11.5. The molecule has 0 amide bonds. The highest BCUT2D eigenvalue weighted by Gasteiger charge is 2.19. The first-order valence-electron chi connectivity index (χ1n) is 5.55. The molecule has 0 atom stereocenters. The maximum atomic E-state index is 13.3. The summed E-state index contributed by atoms with van der Waals surface area (Å²) in [5.41, 5.74) is 0.793. The van der Waals surface area contributed by atoms with Crippen molar-refractivity contribution in [2.45, 2.75) is 37.8 Å². The molecule has 1 saturated carbocycles. The molecule has 1 aromatic rings. The van der Waals surface area contributed by atoms with Gasteiger partial charge in [0.25, 0.3) is 0 Å². The molecule has 2 rings (SSSR count). The third-order valence-corrected chi connectivity index (χ3v) is 3.81. The van der Waals surface area contributed by atoms with Gasteiger partial charge in [-0.05, 0) is 53.7 Å². The van der Waals surface area contributed by atoms with E-state index in [1.807, 2.05) is 6.07 Å². The van der Waals surface area contributed by atoms with Gasteiger partial charge in [-0.2, -0.15) is 0 Å². The molecule has 0 aliphatic heterocycles. The van der Waals surface area contributed by atoms with Crippen LogP contribution in [0, 0.1) is 5.82 Å². The van der Waals surface area contributed by atoms with Gasteiger partial charge in [0.2, 0.25) is 0 Å². The van der Waals surface area contributed by atoms with E-state index in [1.54, 1.807) is 6.07 Å². The Balaban J connectivity index is 2.01. The first-order chi connectivity index (χ1) is 7.66. The zero-order valence-corrected chi connectivity index (χ0v) is 10.5. The van der Waals surface area contributed by atoms with E-state index in [0.717, 1.165) is 31.4 Å². The standard InChI is InChI=1S/C12H15BrFNO/c13-12-10(14)2-1-3-11(12)15-8-4-6-9(16)7-5-8/h1-3,8-9,15-16H,4-7H2. The number of hydrogen-bond donors (Lipinski definition) is 2. The van der Waals surface area contributed by atoms with Crippen molar-refractivity contribution in [1.82, 2.24) is 0 Å². The minimum atomic E-state index is -0.249. The number of rotatable bonds is 2. The van der Waals surface area contributed by atoms with E-state index in [-0.39, 0.29) is 11.9 Å². The Morgan fingerprint density at radius 1 is 1.25 bits per heavy atom. The van der Waals surface area contributed by atoms with E-state index < -0.39 is 0 Å². The molecule has 1 aliphatic rings. The number of anilines is 1. The van der Waals surface area contributed by atoms with Gasteiger partial charge in [-0.15, -0.1) is 0 Å². The van der Waals surface area contributed by atoms with Crippen molar-refractivity contribution in [2.24, 2.45) is 0 Å². The van der Waals surface area contributed by atoms with Gasteiger partial charge in [-0.1, -0.05) is 6.07 Å². The summed E-state index contributed by atoms with van der Waals surface area (Å²) >= 11 is 3.23. The summed E-state index contributed by atoms with van der Waals surface area (Å²) in [6, 6.07) is 5.32. The van der Waals surface area contributed by atoms with Crippen molar-refractivity contribution >= 4 is 21.6 Å². The number of aliphatic hydroxyl groups is 1. The monoisotopic (exact) mass is 287 g/mol. The first-order valence-corrected chi connectivity index (χ1v) is 6.34. The fourth-order valence-corrected chi connectivity index (χ4v) is 2.43. The molecule has 4 heteroatoms. The normalized spacial score (nSPS) is 25.4. The lowest BCUT2D eigenvalue weighted by Crippen LogP contribution is -2.28. The van der Waals surface area contributed by atoms with Gasteiger partial charge < -0.3 is 10.4 Å². The van der Waals surface area contributed by atoms with E-state index in [9.17, 15) is 9.50 Å². The number of hydrogen-bond acceptors (Lipinski definition) is 2. The molecule has 0 radical (unpaired) electrons. The van der Waals surface area contributed by atoms with Gasteiger partial charge in [-0.3, -0.25) is 0 Å². The topological polar surface area (TPSA) is 32.3 Å². The van der Waals surface area contributed by atoms with Crippen LogP contribution in [0.3, 0.4) is 0 Å². The summed E-state index contributed by atoms with van der Waals surface area (Å²) in [6.07, 6.45) is 3.36. The Morgan fingerprint density at radius 3 is 2.62 bits per heavy atom. The predicted molar refractivity (Wildman–Crippen MR) is 66.0 cm³/mol. The predicted octanol–water partition coefficient (Wildman–Crippen LogP) is 3.30. The van der Waals surface area contributed by atoms with E-state index in [0.29, 0.717) is 10.5 Å². The van der Waals surface area contributed by atoms with Crippen molar-refractivity contribution in [1.29, 1.82) is 0 Å². The molecule has 1 fully saturated rings. The molecule has 1 aliphatic carbocycles. The molecule has 0 unspecified atom stereocenters. The Hall–Kier alpha value is -0.610. The molecule has 0 bridgehead atoms. The van der Waals surface area contributed by atoms with E-state index in [4.69, 9.17) is 0 Å². The maximum Gasteiger partial charge on any atom is 0.139 e. The molecule has 0 saturated heterocycles. The molecular weight excluding hydrogens is 273 g/mol. The minimum absolute atomic E-state index is 0.158. The second-order valence-corrected chi connectivity index (χ2v) is 5.04. The molecule has 88 valence electrons. The van der Waals surface area contributed by atoms with Crippen LogP contribution in [0.2, 0.25) is 0 Å². The second kappa shape index (κ2) is 5.15. The van der Waals surface area contributed by atoms with E-state index >= 15 is 0 Å². The molecular formula is C12H15BrFNO. The van der Waals surface area contributed by atoms with Crippen LogP contribution < -0.4 is 5.32 Å². The van der Waals surface area contributed by atoms with Crippen LogP contribution in [-0.2, 0) is 0 Å². The molecule has 16 heavy (non-hydrogen) atoms. The second-order valence-electron chi connectivity index (χ2n) is 4.25. The number of aliphatic hydroxyl groups excluding tert-OH is 1. The highest BCUT2D eigenvalue weighted by Crippen LogP contribution is 2.28. The zero-order valence-electron chi connectivity index (χ0n) is 8.92. The minimum Gasteiger partial charge on any atom is -0.393 e. The SMILES string of the molecule is OC1CCC(Nc2cccc(F)c2Br)CC1. The lowest BCUT2D eigenvalue weighted by molar-refractivity contribution is 0.126. The molecule has 1 aromatic carbocycles. The number of halogens is 2. The van der Waals surface area contributed by atoms with Gasteiger partial charge in [0.05, 0.1) is 16.3 Å². The largest absolute Gasteiger partial charge is 0.393 e. The summed E-state index contributed by atoms with van der Waals surface area (Å²) in [5.74, 6) is -0.249. The van der Waals surface area contributed by atoms with Crippen LogP contribution in [0.4, 0.5) is 10.1 Å². The summed E-state index contributed by atoms with van der Waals surface area (Å²) in [6.45, 7) is 0. The fraction of sp³-hybridized carbons (Fsp3) is 0.500. The summed E-state index contributed by atoms with van der Waals surface area (Å²) < 4.78 is 13.8. The Bertz CT molecular complexity index is 364. The van der Waals surface area contributed by atoms with Crippen LogP contribution in [-0.4, -0.2) is 17.3 Å². The van der Waals surface area contributed by atoms with Crippen LogP contribution in [0.5, 0.6) is 0 Å². The van der Waals surface area contributed by atoms with Gasteiger partial charge >= 0.3 is 0 Å². The van der Waals surface area contributed by atoms with Crippen molar-refractivity contribution in [3.8, 4) is 0 Å². The average molecular weight is 288 g/mol. The van der Waals surface area contributed by atoms with Crippen molar-refractivity contribution in [3.63, 3.8) is 0 Å². The lowest BCUT2D eigenvalue weighted by atomic mass is 9.93. The van der Waals surface area contributed by atoms with Crippen LogP contribution in [0.15, 0.2) is 22.7 Å².